The molecule has 0 aromatic heterocycles. The molecule has 1 unspecified atom stereocenters. The Kier molecular flexibility index (Phi) is 7.06. The molecule has 0 bridgehead atoms. The van der Waals surface area contributed by atoms with Gasteiger partial charge in [-0.05, 0) is 41.8 Å². The van der Waals surface area contributed by atoms with E-state index in [1.54, 1.807) is 12.1 Å². The molecule has 3 nitrogen and oxygen atoms in total. The van der Waals surface area contributed by atoms with Gasteiger partial charge in [-0.1, -0.05) is 38.1 Å². The Hall–Kier alpha value is -2.21. The van der Waals surface area contributed by atoms with Crippen molar-refractivity contribution in [3.8, 4) is 11.5 Å². The first-order valence-corrected chi connectivity index (χ1v) is 9.97. The van der Waals surface area contributed by atoms with Gasteiger partial charge in [-0.2, -0.15) is 0 Å². The van der Waals surface area contributed by atoms with Crippen LogP contribution in [0.25, 0.3) is 0 Å². The van der Waals surface area contributed by atoms with Crippen LogP contribution in [0.15, 0.2) is 48.5 Å². The highest BCUT2D eigenvalue weighted by molar-refractivity contribution is 5.41. The van der Waals surface area contributed by atoms with E-state index in [2.05, 4.69) is 30.9 Å². The molecule has 1 fully saturated rings. The Morgan fingerprint density at radius 1 is 0.862 bits per heavy atom. The number of nitrogens with zero attached hydrogens (tertiary/aromatic N) is 1. The molecule has 0 spiro atoms. The summed E-state index contributed by atoms with van der Waals surface area (Å²) in [5.41, 5.74) is 1.91. The van der Waals surface area contributed by atoms with Crippen molar-refractivity contribution in [2.24, 2.45) is 0 Å². The van der Waals surface area contributed by atoms with Crippen molar-refractivity contribution in [3.63, 3.8) is 0 Å². The quantitative estimate of drug-likeness (QED) is 0.383. The van der Waals surface area contributed by atoms with Gasteiger partial charge in [0.2, 0.25) is 0 Å². The lowest BCUT2D eigenvalue weighted by molar-refractivity contribution is 0.0231. The molecule has 29 heavy (non-hydrogen) atoms. The second-order valence-electron chi connectivity index (χ2n) is 7.88. The van der Waals surface area contributed by atoms with Gasteiger partial charge in [0.05, 0.1) is 6.61 Å². The normalized spacial score (nSPS) is 15.4. The summed E-state index contributed by atoms with van der Waals surface area (Å²) in [6.45, 7) is 7.80. The second-order valence-corrected chi connectivity index (χ2v) is 7.88. The summed E-state index contributed by atoms with van der Waals surface area (Å²) in [6, 6.07) is 15.2. The molecule has 0 N–H and O–H groups in total. The van der Waals surface area contributed by atoms with Gasteiger partial charge in [-0.3, -0.25) is 0 Å². The van der Waals surface area contributed by atoms with E-state index in [1.165, 1.54) is 13.1 Å². The molecule has 3 rings (SSSR count). The van der Waals surface area contributed by atoms with Gasteiger partial charge < -0.3 is 14.4 Å². The fourth-order valence-corrected chi connectivity index (χ4v) is 3.12. The van der Waals surface area contributed by atoms with Gasteiger partial charge in [0.15, 0.2) is 6.17 Å². The van der Waals surface area contributed by atoms with Gasteiger partial charge in [0.25, 0.3) is 6.43 Å². The van der Waals surface area contributed by atoms with Crippen LogP contribution in [0.5, 0.6) is 11.5 Å². The van der Waals surface area contributed by atoms with Crippen LogP contribution < -0.4 is 9.47 Å². The Bertz CT molecular complexity index is 759. The van der Waals surface area contributed by atoms with Crippen LogP contribution in [0.3, 0.4) is 0 Å². The predicted octanol–water partition coefficient (Wildman–Crippen LogP) is 5.08. The smallest absolute Gasteiger partial charge is 0.272 e. The lowest BCUT2D eigenvalue weighted by atomic mass is 9.78. The molecule has 1 aliphatic heterocycles. The van der Waals surface area contributed by atoms with E-state index in [0.29, 0.717) is 12.4 Å². The summed E-state index contributed by atoms with van der Waals surface area (Å²) in [6.07, 6.45) is -4.28. The summed E-state index contributed by atoms with van der Waals surface area (Å²) in [7, 11) is 0. The zero-order valence-electron chi connectivity index (χ0n) is 16.9. The lowest BCUT2D eigenvalue weighted by Gasteiger charge is -2.26. The van der Waals surface area contributed by atoms with E-state index < -0.39 is 19.2 Å². The molecule has 1 atom stereocenters. The molecule has 158 valence electrons. The molecule has 1 saturated heterocycles. The summed E-state index contributed by atoms with van der Waals surface area (Å²) in [5.74, 6) is 1.23. The van der Waals surface area contributed by atoms with Crippen molar-refractivity contribution in [3.05, 3.63) is 59.7 Å². The van der Waals surface area contributed by atoms with E-state index in [4.69, 9.17) is 9.47 Å². The number of hydrogen-bond acceptors (Lipinski definition) is 3. The number of halogens is 3. The van der Waals surface area contributed by atoms with Crippen LogP contribution in [0, 0.1) is 0 Å². The van der Waals surface area contributed by atoms with Crippen molar-refractivity contribution in [2.45, 2.75) is 38.3 Å². The van der Waals surface area contributed by atoms with Gasteiger partial charge in [-0.25, -0.2) is 13.2 Å². The predicted molar refractivity (Wildman–Crippen MR) is 108 cm³/mol. The van der Waals surface area contributed by atoms with Crippen LogP contribution >= 0.6 is 0 Å². The minimum absolute atomic E-state index is 0.262. The van der Waals surface area contributed by atoms with Crippen LogP contribution in [0.2, 0.25) is 0 Å². The minimum Gasteiger partial charge on any atom is -0.494 e. The fraction of sp³-hybridized carbons (Fsp3) is 0.478. The molecule has 1 heterocycles. The Morgan fingerprint density at radius 3 is 1.86 bits per heavy atom. The highest BCUT2D eigenvalue weighted by Crippen LogP contribution is 2.33. The Labute approximate surface area is 170 Å². The zero-order chi connectivity index (χ0) is 20.9. The van der Waals surface area contributed by atoms with Crippen molar-refractivity contribution < 1.29 is 22.6 Å². The first-order valence-electron chi connectivity index (χ1n) is 9.97. The Balaban J connectivity index is 1.55. The molecular formula is C23H28F3NO2. The number of ether oxygens (including phenoxy) is 2. The fourth-order valence-electron chi connectivity index (χ4n) is 3.12. The van der Waals surface area contributed by atoms with Gasteiger partial charge >= 0.3 is 0 Å². The van der Waals surface area contributed by atoms with E-state index in [0.717, 1.165) is 29.8 Å². The zero-order valence-corrected chi connectivity index (χ0v) is 16.9. The number of alkyl halides is 3. The highest BCUT2D eigenvalue weighted by atomic mass is 19.3. The molecule has 0 radical (unpaired) electrons. The third-order valence-corrected chi connectivity index (χ3v) is 5.26. The lowest BCUT2D eigenvalue weighted by Crippen LogP contribution is -2.21. The monoisotopic (exact) mass is 407 g/mol. The standard InChI is InChI=1S/C23H28F3NO2/c1-23(2,18-6-10-20(11-7-18)29-16-21(24)22(25)26)17-4-8-19(9-5-17)28-15-3-12-27-13-14-27/h4-11,21-22H,3,12-16H2,1-2H3. The first kappa shape index (κ1) is 21.5. The SMILES string of the molecule is CC(C)(c1ccc(OCCCN2CC2)cc1)c1ccc(OCC(F)C(F)F)cc1. The molecule has 0 saturated carbocycles. The van der Waals surface area contributed by atoms with Crippen LogP contribution in [0.1, 0.15) is 31.4 Å². The average molecular weight is 407 g/mol. The second kappa shape index (κ2) is 9.53. The van der Waals surface area contributed by atoms with E-state index in [1.807, 2.05) is 24.3 Å². The highest BCUT2D eigenvalue weighted by Gasteiger charge is 2.24. The maximum Gasteiger partial charge on any atom is 0.272 e. The number of benzene rings is 2. The third-order valence-electron chi connectivity index (χ3n) is 5.26. The molecule has 6 heteroatoms. The van der Waals surface area contributed by atoms with Gasteiger partial charge in [0.1, 0.15) is 18.1 Å². The molecule has 2 aromatic rings. The number of rotatable bonds is 11. The molecule has 2 aromatic carbocycles. The topological polar surface area (TPSA) is 21.5 Å². The summed E-state index contributed by atoms with van der Waals surface area (Å²) in [5, 5.41) is 0. The Morgan fingerprint density at radius 2 is 1.38 bits per heavy atom. The van der Waals surface area contributed by atoms with Gasteiger partial charge in [-0.15, -0.1) is 0 Å². The maximum absolute atomic E-state index is 13.0. The van der Waals surface area contributed by atoms with E-state index in [9.17, 15) is 13.2 Å². The van der Waals surface area contributed by atoms with Crippen LogP contribution in [-0.4, -0.2) is 50.3 Å². The summed E-state index contributed by atoms with van der Waals surface area (Å²) < 4.78 is 48.3. The number of hydrogen-bond donors (Lipinski definition) is 0. The maximum atomic E-state index is 13.0. The minimum atomic E-state index is -3.03. The molecular weight excluding hydrogens is 379 g/mol. The van der Waals surface area contributed by atoms with Crippen molar-refractivity contribution in [1.29, 1.82) is 0 Å². The van der Waals surface area contributed by atoms with Crippen molar-refractivity contribution in [1.82, 2.24) is 4.90 Å². The average Bonchev–Trinajstić information content (AvgIpc) is 3.54. The molecule has 1 aliphatic rings. The molecule has 0 aliphatic carbocycles. The summed E-state index contributed by atoms with van der Waals surface area (Å²) in [4.78, 5) is 2.38. The van der Waals surface area contributed by atoms with E-state index >= 15 is 0 Å². The summed E-state index contributed by atoms with van der Waals surface area (Å²) >= 11 is 0. The van der Waals surface area contributed by atoms with Crippen LogP contribution in [-0.2, 0) is 5.41 Å². The van der Waals surface area contributed by atoms with Crippen molar-refractivity contribution >= 4 is 0 Å². The van der Waals surface area contributed by atoms with Crippen molar-refractivity contribution in [2.75, 3.05) is 32.8 Å². The molecule has 0 amide bonds. The van der Waals surface area contributed by atoms with E-state index in [-0.39, 0.29) is 5.41 Å². The largest absolute Gasteiger partial charge is 0.494 e. The van der Waals surface area contributed by atoms with Crippen LogP contribution in [0.4, 0.5) is 13.2 Å². The third kappa shape index (κ3) is 6.13. The first-order chi connectivity index (χ1) is 13.9. The van der Waals surface area contributed by atoms with Gasteiger partial charge in [0, 0.05) is 25.0 Å².